The standard InChI is InChI=1S/C23H29FN5O7P/c1-4-33-22(31)14(2)28-37(32,36-15-8-6-5-7-9-15)34-12-17-19(30)20(24)23(3,35-17)18-11-10-16-21(25)26-13-27-29(16)18/h5-11,13-14,17,19-20,30H,4,12H2,1-3H3,(H,28,32)(H2,25,26,27)/t14-,17?,19+,20+,23-,37?/m0/s1. The first-order chi connectivity index (χ1) is 17.6. The lowest BCUT2D eigenvalue weighted by Crippen LogP contribution is -2.37. The topological polar surface area (TPSA) is 160 Å². The fourth-order valence-electron chi connectivity index (χ4n) is 4.07. The first-order valence-electron chi connectivity index (χ1n) is 11.6. The van der Waals surface area contributed by atoms with Gasteiger partial charge in [-0.1, -0.05) is 18.2 Å². The number of esters is 1. The number of benzene rings is 1. The molecule has 0 radical (unpaired) electrons. The van der Waals surface area contributed by atoms with Crippen LogP contribution in [-0.2, 0) is 29.0 Å². The van der Waals surface area contributed by atoms with Gasteiger partial charge in [0, 0.05) is 0 Å². The summed E-state index contributed by atoms with van der Waals surface area (Å²) in [4.78, 5) is 16.0. The summed E-state index contributed by atoms with van der Waals surface area (Å²) in [5.41, 5.74) is 4.98. The normalized spacial score (nSPS) is 26.0. The Morgan fingerprint density at radius 1 is 1.35 bits per heavy atom. The molecule has 4 N–H and O–H groups in total. The largest absolute Gasteiger partial charge is 0.465 e. The number of nitrogens with two attached hydrogens (primary N) is 1. The van der Waals surface area contributed by atoms with Crippen LogP contribution in [0.5, 0.6) is 5.75 Å². The minimum atomic E-state index is -4.23. The van der Waals surface area contributed by atoms with Crippen LogP contribution < -0.4 is 15.3 Å². The van der Waals surface area contributed by atoms with Crippen molar-refractivity contribution in [2.45, 2.75) is 50.8 Å². The van der Waals surface area contributed by atoms with Gasteiger partial charge in [0.2, 0.25) is 0 Å². The third-order valence-corrected chi connectivity index (χ3v) is 7.61. The van der Waals surface area contributed by atoms with E-state index in [9.17, 15) is 14.5 Å². The van der Waals surface area contributed by atoms with Crippen LogP contribution >= 0.6 is 7.75 Å². The number of halogens is 1. The Morgan fingerprint density at radius 2 is 2.08 bits per heavy atom. The van der Waals surface area contributed by atoms with E-state index in [0.29, 0.717) is 11.2 Å². The molecule has 12 nitrogen and oxygen atoms in total. The number of ether oxygens (including phenoxy) is 2. The molecule has 4 rings (SSSR count). The van der Waals surface area contributed by atoms with Crippen molar-refractivity contribution in [3.05, 3.63) is 54.5 Å². The molecule has 0 spiro atoms. The second kappa shape index (κ2) is 10.7. The monoisotopic (exact) mass is 537 g/mol. The van der Waals surface area contributed by atoms with Gasteiger partial charge in [-0.3, -0.25) is 9.32 Å². The second-order valence-electron chi connectivity index (χ2n) is 8.62. The molecule has 2 aromatic heterocycles. The summed E-state index contributed by atoms with van der Waals surface area (Å²) in [5, 5.41) is 17.3. The van der Waals surface area contributed by atoms with Gasteiger partial charge in [0.15, 0.2) is 12.0 Å². The molecule has 37 heavy (non-hydrogen) atoms. The number of carbonyl (C=O) groups is 1. The molecule has 3 heterocycles. The third kappa shape index (κ3) is 5.46. The highest BCUT2D eigenvalue weighted by Gasteiger charge is 2.55. The maximum Gasteiger partial charge on any atom is 0.459 e. The van der Waals surface area contributed by atoms with Gasteiger partial charge in [-0.25, -0.2) is 18.5 Å². The number of para-hydroxylation sites is 1. The predicted octanol–water partition coefficient (Wildman–Crippen LogP) is 2.37. The van der Waals surface area contributed by atoms with Gasteiger partial charge in [-0.2, -0.15) is 10.2 Å². The number of aliphatic hydroxyl groups is 1. The Kier molecular flexibility index (Phi) is 7.81. The van der Waals surface area contributed by atoms with Crippen LogP contribution in [0.1, 0.15) is 26.5 Å². The van der Waals surface area contributed by atoms with E-state index >= 15 is 4.39 Å². The number of nitrogens with zero attached hydrogens (tertiary/aromatic N) is 3. The Labute approximate surface area is 212 Å². The molecule has 0 bridgehead atoms. The van der Waals surface area contributed by atoms with E-state index in [1.807, 2.05) is 0 Å². The molecule has 1 aliphatic heterocycles. The average molecular weight is 537 g/mol. The van der Waals surface area contributed by atoms with E-state index in [1.165, 1.54) is 24.7 Å². The Bertz CT molecular complexity index is 1290. The number of carbonyl (C=O) groups excluding carboxylic acids is 1. The molecule has 0 aliphatic carbocycles. The summed E-state index contributed by atoms with van der Waals surface area (Å²) in [6, 6.07) is 10.3. The molecule has 0 amide bonds. The summed E-state index contributed by atoms with van der Waals surface area (Å²) >= 11 is 0. The lowest BCUT2D eigenvalue weighted by Gasteiger charge is -2.27. The van der Waals surface area contributed by atoms with Crippen molar-refractivity contribution in [3.63, 3.8) is 0 Å². The maximum absolute atomic E-state index is 15.5. The summed E-state index contributed by atoms with van der Waals surface area (Å²) in [5.74, 6) is -0.273. The van der Waals surface area contributed by atoms with Crippen molar-refractivity contribution < 1.29 is 37.4 Å². The second-order valence-corrected chi connectivity index (χ2v) is 10.3. The van der Waals surface area contributed by atoms with Crippen LogP contribution in [0.2, 0.25) is 0 Å². The van der Waals surface area contributed by atoms with Crippen molar-refractivity contribution in [2.75, 3.05) is 18.9 Å². The van der Waals surface area contributed by atoms with E-state index in [2.05, 4.69) is 15.2 Å². The Balaban J connectivity index is 1.54. The van der Waals surface area contributed by atoms with Crippen LogP contribution in [0.25, 0.3) is 5.52 Å². The van der Waals surface area contributed by atoms with Crippen LogP contribution in [-0.4, -0.2) is 63.3 Å². The first-order valence-corrected chi connectivity index (χ1v) is 13.1. The number of nitrogen functional groups attached to an aromatic ring is 1. The highest BCUT2D eigenvalue weighted by atomic mass is 31.2. The van der Waals surface area contributed by atoms with Gasteiger partial charge in [0.25, 0.3) is 0 Å². The fraction of sp³-hybridized carbons (Fsp3) is 0.435. The van der Waals surface area contributed by atoms with Gasteiger partial charge in [0.1, 0.15) is 41.4 Å². The summed E-state index contributed by atoms with van der Waals surface area (Å²) < 4.78 is 52.5. The van der Waals surface area contributed by atoms with Gasteiger partial charge in [-0.05, 0) is 45.0 Å². The molecule has 1 saturated heterocycles. The number of nitrogens with one attached hydrogen (secondary N) is 1. The third-order valence-electron chi connectivity index (χ3n) is 5.96. The zero-order valence-electron chi connectivity index (χ0n) is 20.5. The van der Waals surface area contributed by atoms with Crippen molar-refractivity contribution in [1.29, 1.82) is 0 Å². The lowest BCUT2D eigenvalue weighted by atomic mass is 9.94. The van der Waals surface area contributed by atoms with Crippen molar-refractivity contribution in [1.82, 2.24) is 19.7 Å². The number of aromatic nitrogens is 3. The van der Waals surface area contributed by atoms with Gasteiger partial charge in [-0.15, -0.1) is 0 Å². The average Bonchev–Trinajstić information content (AvgIpc) is 3.40. The van der Waals surface area contributed by atoms with E-state index in [4.69, 9.17) is 24.3 Å². The number of alkyl halides is 1. The zero-order chi connectivity index (χ0) is 26.8. The predicted molar refractivity (Wildman–Crippen MR) is 130 cm³/mol. The molecule has 1 aromatic carbocycles. The fourth-order valence-corrected chi connectivity index (χ4v) is 5.57. The molecule has 0 saturated carbocycles. The van der Waals surface area contributed by atoms with E-state index in [1.54, 1.807) is 49.4 Å². The molecule has 2 unspecified atom stereocenters. The molecule has 3 aromatic rings. The Morgan fingerprint density at radius 3 is 2.78 bits per heavy atom. The van der Waals surface area contributed by atoms with Crippen molar-refractivity contribution in [3.8, 4) is 5.75 Å². The molecular weight excluding hydrogens is 508 g/mol. The summed E-state index contributed by atoms with van der Waals surface area (Å²) in [6.07, 6.45) is -3.54. The quantitative estimate of drug-likeness (QED) is 0.257. The minimum Gasteiger partial charge on any atom is -0.465 e. The maximum atomic E-state index is 15.5. The zero-order valence-corrected chi connectivity index (χ0v) is 21.4. The number of rotatable bonds is 10. The molecule has 1 fully saturated rings. The molecule has 14 heteroatoms. The SMILES string of the molecule is CCOC(=O)[C@H](C)NP(=O)(OCC1O[C@@](C)(c2ccc3c(N)ncnn23)[C@H](F)[C@@H]1O)Oc1ccccc1. The molecule has 6 atom stereocenters. The van der Waals surface area contributed by atoms with Gasteiger partial charge < -0.3 is 24.8 Å². The van der Waals surface area contributed by atoms with Gasteiger partial charge in [0.05, 0.1) is 18.9 Å². The molecular formula is C23H29FN5O7P. The Hall–Kier alpha value is -3.09. The number of aliphatic hydroxyl groups excluding tert-OH is 1. The van der Waals surface area contributed by atoms with Crippen LogP contribution in [0.4, 0.5) is 10.2 Å². The number of fused-ring (bicyclic) bond motifs is 1. The number of hydrogen-bond acceptors (Lipinski definition) is 10. The molecule has 200 valence electrons. The first kappa shape index (κ1) is 27.0. The highest BCUT2D eigenvalue weighted by molar-refractivity contribution is 7.52. The van der Waals surface area contributed by atoms with E-state index < -0.39 is 50.3 Å². The lowest BCUT2D eigenvalue weighted by molar-refractivity contribution is -0.144. The summed E-state index contributed by atoms with van der Waals surface area (Å²) in [6.45, 7) is 4.13. The van der Waals surface area contributed by atoms with Crippen molar-refractivity contribution in [2.24, 2.45) is 0 Å². The summed E-state index contributed by atoms with van der Waals surface area (Å²) in [7, 11) is -4.23. The molecule has 1 aliphatic rings. The van der Waals surface area contributed by atoms with E-state index in [0.717, 1.165) is 0 Å². The number of hydrogen-bond donors (Lipinski definition) is 3. The van der Waals surface area contributed by atoms with E-state index in [-0.39, 0.29) is 18.2 Å². The number of anilines is 1. The van der Waals surface area contributed by atoms with Gasteiger partial charge >= 0.3 is 13.7 Å². The van der Waals surface area contributed by atoms with Crippen molar-refractivity contribution >= 4 is 25.1 Å². The highest BCUT2D eigenvalue weighted by Crippen LogP contribution is 2.47. The van der Waals surface area contributed by atoms with Crippen LogP contribution in [0.15, 0.2) is 48.8 Å². The minimum absolute atomic E-state index is 0.124. The van der Waals surface area contributed by atoms with Crippen LogP contribution in [0.3, 0.4) is 0 Å². The smallest absolute Gasteiger partial charge is 0.459 e. The van der Waals surface area contributed by atoms with Crippen LogP contribution in [0, 0.1) is 0 Å².